The van der Waals surface area contributed by atoms with Crippen LogP contribution in [0.3, 0.4) is 0 Å². The molecule has 2 aliphatic carbocycles. The van der Waals surface area contributed by atoms with Crippen LogP contribution in [0.25, 0.3) is 0 Å². The second kappa shape index (κ2) is 5.66. The summed E-state index contributed by atoms with van der Waals surface area (Å²) >= 11 is 0. The Labute approximate surface area is 117 Å². The van der Waals surface area contributed by atoms with Gasteiger partial charge in [-0.3, -0.25) is 0 Å². The van der Waals surface area contributed by atoms with E-state index in [-0.39, 0.29) is 0 Å². The maximum atomic E-state index is 3.87. The minimum atomic E-state index is 0.728. The van der Waals surface area contributed by atoms with Crippen LogP contribution in [-0.4, -0.2) is 12.1 Å². The molecule has 2 saturated carbocycles. The average molecular weight is 257 g/mol. The molecule has 1 aromatic rings. The zero-order chi connectivity index (χ0) is 13.2. The molecule has 1 aromatic carbocycles. The van der Waals surface area contributed by atoms with Gasteiger partial charge in [-0.25, -0.2) is 0 Å². The molecule has 104 valence electrons. The van der Waals surface area contributed by atoms with Crippen molar-refractivity contribution in [2.75, 3.05) is 0 Å². The van der Waals surface area contributed by atoms with Gasteiger partial charge in [-0.05, 0) is 56.9 Å². The monoisotopic (exact) mass is 257 g/mol. The number of nitrogens with one attached hydrogen (secondary N) is 1. The molecule has 1 nitrogen and oxygen atoms in total. The number of hydrogen-bond donors (Lipinski definition) is 1. The molecule has 2 fully saturated rings. The van der Waals surface area contributed by atoms with Crippen molar-refractivity contribution in [3.8, 4) is 0 Å². The van der Waals surface area contributed by atoms with Crippen molar-refractivity contribution in [1.82, 2.24) is 5.32 Å². The van der Waals surface area contributed by atoms with Crippen molar-refractivity contribution in [3.05, 3.63) is 35.4 Å². The lowest BCUT2D eigenvalue weighted by Gasteiger charge is -2.39. The van der Waals surface area contributed by atoms with Crippen LogP contribution in [0.15, 0.2) is 24.3 Å². The predicted octanol–water partition coefficient (Wildman–Crippen LogP) is 4.41. The second-order valence-corrected chi connectivity index (χ2v) is 6.78. The van der Waals surface area contributed by atoms with E-state index >= 15 is 0 Å². The van der Waals surface area contributed by atoms with Crippen LogP contribution in [0.4, 0.5) is 0 Å². The van der Waals surface area contributed by atoms with E-state index in [1.54, 1.807) is 0 Å². The highest BCUT2D eigenvalue weighted by Crippen LogP contribution is 2.38. The Balaban J connectivity index is 1.46. The van der Waals surface area contributed by atoms with E-state index < -0.39 is 0 Å². The van der Waals surface area contributed by atoms with E-state index in [0.717, 1.165) is 23.9 Å². The van der Waals surface area contributed by atoms with Crippen molar-refractivity contribution in [2.24, 2.45) is 5.92 Å². The highest BCUT2D eigenvalue weighted by Gasteiger charge is 2.32. The lowest BCUT2D eigenvalue weighted by atomic mass is 9.75. The van der Waals surface area contributed by atoms with E-state index in [4.69, 9.17) is 0 Å². The fourth-order valence-corrected chi connectivity index (χ4v) is 3.83. The summed E-state index contributed by atoms with van der Waals surface area (Å²) < 4.78 is 0. The summed E-state index contributed by atoms with van der Waals surface area (Å²) in [6, 6.07) is 10.6. The molecular weight excluding hydrogens is 230 g/mol. The van der Waals surface area contributed by atoms with Crippen LogP contribution in [0, 0.1) is 12.8 Å². The van der Waals surface area contributed by atoms with Crippen LogP contribution in [0.5, 0.6) is 0 Å². The summed E-state index contributed by atoms with van der Waals surface area (Å²) in [6.45, 7) is 4.56. The van der Waals surface area contributed by atoms with E-state index in [9.17, 15) is 0 Å². The standard InChI is InChI=1S/C18H27N/c1-13-7-9-16(10-8-13)17-11-18(12-17)19-14(2)15-5-3-4-6-15/h7-10,14-15,17-19H,3-6,11-12H2,1-2H3/t14-,17?,18?/m1/s1. The zero-order valence-corrected chi connectivity index (χ0v) is 12.4. The number of hydrogen-bond acceptors (Lipinski definition) is 1. The summed E-state index contributed by atoms with van der Waals surface area (Å²) in [5, 5.41) is 3.87. The molecule has 0 aromatic heterocycles. The van der Waals surface area contributed by atoms with Crippen molar-refractivity contribution in [3.63, 3.8) is 0 Å². The molecule has 0 radical (unpaired) electrons. The van der Waals surface area contributed by atoms with Crippen LogP contribution >= 0.6 is 0 Å². The highest BCUT2D eigenvalue weighted by molar-refractivity contribution is 5.26. The maximum Gasteiger partial charge on any atom is 0.00813 e. The molecule has 0 amide bonds. The van der Waals surface area contributed by atoms with Crippen LogP contribution in [0.1, 0.15) is 62.5 Å². The Morgan fingerprint density at radius 2 is 1.68 bits per heavy atom. The van der Waals surface area contributed by atoms with Gasteiger partial charge in [-0.15, -0.1) is 0 Å². The van der Waals surface area contributed by atoms with Gasteiger partial charge in [0, 0.05) is 12.1 Å². The third kappa shape index (κ3) is 3.02. The topological polar surface area (TPSA) is 12.0 Å². The second-order valence-electron chi connectivity index (χ2n) is 6.78. The molecule has 0 bridgehead atoms. The Morgan fingerprint density at radius 3 is 2.32 bits per heavy atom. The van der Waals surface area contributed by atoms with Crippen molar-refractivity contribution in [1.29, 1.82) is 0 Å². The molecule has 0 heterocycles. The van der Waals surface area contributed by atoms with Crippen LogP contribution < -0.4 is 5.32 Å². The molecule has 19 heavy (non-hydrogen) atoms. The summed E-state index contributed by atoms with van der Waals surface area (Å²) in [4.78, 5) is 0. The fraction of sp³-hybridized carbons (Fsp3) is 0.667. The summed E-state index contributed by atoms with van der Waals surface area (Å²) in [7, 11) is 0. The average Bonchev–Trinajstić information content (AvgIpc) is 2.88. The molecule has 2 aliphatic rings. The Bertz CT molecular complexity index is 396. The summed E-state index contributed by atoms with van der Waals surface area (Å²) in [6.07, 6.45) is 8.46. The number of aryl methyl sites for hydroxylation is 1. The molecule has 1 atom stereocenters. The third-order valence-corrected chi connectivity index (χ3v) is 5.29. The number of rotatable bonds is 4. The van der Waals surface area contributed by atoms with Gasteiger partial charge in [0.1, 0.15) is 0 Å². The van der Waals surface area contributed by atoms with Gasteiger partial charge in [0.25, 0.3) is 0 Å². The molecule has 0 saturated heterocycles. The molecule has 3 rings (SSSR count). The molecule has 0 aliphatic heterocycles. The Morgan fingerprint density at radius 1 is 1.05 bits per heavy atom. The van der Waals surface area contributed by atoms with Gasteiger partial charge >= 0.3 is 0 Å². The van der Waals surface area contributed by atoms with Crippen LogP contribution in [-0.2, 0) is 0 Å². The summed E-state index contributed by atoms with van der Waals surface area (Å²) in [5.41, 5.74) is 2.91. The molecule has 1 heteroatoms. The largest absolute Gasteiger partial charge is 0.311 e. The molecule has 0 spiro atoms. The molecular formula is C18H27N. The minimum Gasteiger partial charge on any atom is -0.311 e. The van der Waals surface area contributed by atoms with Crippen LogP contribution in [0.2, 0.25) is 0 Å². The van der Waals surface area contributed by atoms with Gasteiger partial charge in [-0.2, -0.15) is 0 Å². The molecule has 0 unspecified atom stereocenters. The fourth-order valence-electron chi connectivity index (χ4n) is 3.83. The van der Waals surface area contributed by atoms with Gasteiger partial charge in [0.15, 0.2) is 0 Å². The quantitative estimate of drug-likeness (QED) is 0.842. The first-order valence-corrected chi connectivity index (χ1v) is 8.05. The van der Waals surface area contributed by atoms with E-state index in [0.29, 0.717) is 0 Å². The van der Waals surface area contributed by atoms with E-state index in [1.165, 1.54) is 49.7 Å². The first-order valence-electron chi connectivity index (χ1n) is 8.05. The minimum absolute atomic E-state index is 0.728. The lowest BCUT2D eigenvalue weighted by Crippen LogP contribution is -2.46. The van der Waals surface area contributed by atoms with E-state index in [2.05, 4.69) is 43.4 Å². The van der Waals surface area contributed by atoms with Gasteiger partial charge in [-0.1, -0.05) is 42.7 Å². The van der Waals surface area contributed by atoms with Gasteiger partial charge in [0.2, 0.25) is 0 Å². The van der Waals surface area contributed by atoms with Crippen molar-refractivity contribution in [2.45, 2.75) is 70.4 Å². The maximum absolute atomic E-state index is 3.87. The van der Waals surface area contributed by atoms with Gasteiger partial charge < -0.3 is 5.32 Å². The highest BCUT2D eigenvalue weighted by atomic mass is 15.0. The van der Waals surface area contributed by atoms with Crippen molar-refractivity contribution < 1.29 is 0 Å². The van der Waals surface area contributed by atoms with E-state index in [1.807, 2.05) is 0 Å². The zero-order valence-electron chi connectivity index (χ0n) is 12.4. The molecule has 1 N–H and O–H groups in total. The Kier molecular flexibility index (Phi) is 3.93. The predicted molar refractivity (Wildman–Crippen MR) is 81.5 cm³/mol. The van der Waals surface area contributed by atoms with Gasteiger partial charge in [0.05, 0.1) is 0 Å². The normalized spacial score (nSPS) is 29.2. The Hall–Kier alpha value is -0.820. The third-order valence-electron chi connectivity index (χ3n) is 5.29. The lowest BCUT2D eigenvalue weighted by molar-refractivity contribution is 0.239. The first kappa shape index (κ1) is 13.2. The van der Waals surface area contributed by atoms with Crippen molar-refractivity contribution >= 4 is 0 Å². The first-order chi connectivity index (χ1) is 9.22. The SMILES string of the molecule is Cc1ccc(C2CC(N[C@H](C)C3CCCC3)C2)cc1. The number of benzene rings is 1. The summed E-state index contributed by atoms with van der Waals surface area (Å²) in [5.74, 6) is 1.74. The smallest absolute Gasteiger partial charge is 0.00813 e.